The van der Waals surface area contributed by atoms with Crippen molar-refractivity contribution in [2.24, 2.45) is 5.73 Å². The van der Waals surface area contributed by atoms with Crippen LogP contribution in [-0.2, 0) is 4.74 Å². The second-order valence-electron chi connectivity index (χ2n) is 4.06. The van der Waals surface area contributed by atoms with Crippen LogP contribution in [0.2, 0.25) is 0 Å². The van der Waals surface area contributed by atoms with Crippen LogP contribution in [0.3, 0.4) is 0 Å². The maximum atomic E-state index is 11.6. The van der Waals surface area contributed by atoms with Gasteiger partial charge in [-0.1, -0.05) is 0 Å². The number of hydrogen-bond acceptors (Lipinski definition) is 5. The van der Waals surface area contributed by atoms with Gasteiger partial charge in [-0.2, -0.15) is 0 Å². The molecule has 17 heavy (non-hydrogen) atoms. The Morgan fingerprint density at radius 3 is 2.41 bits per heavy atom. The number of rotatable bonds is 3. The topological polar surface area (TPSA) is 95.5 Å². The molecule has 1 aliphatic carbocycles. The Balaban J connectivity index is 1.97. The number of nitro groups is 1. The first-order chi connectivity index (χ1) is 8.06. The number of esters is 1. The average Bonchev–Trinajstić information content (AvgIpc) is 2.27. The zero-order valence-electron chi connectivity index (χ0n) is 9.04. The van der Waals surface area contributed by atoms with Crippen molar-refractivity contribution in [2.45, 2.75) is 25.0 Å². The van der Waals surface area contributed by atoms with Gasteiger partial charge >= 0.3 is 5.97 Å². The maximum absolute atomic E-state index is 11.6. The Kier molecular flexibility index (Phi) is 3.06. The summed E-state index contributed by atoms with van der Waals surface area (Å²) in [5.41, 5.74) is 5.84. The highest BCUT2D eigenvalue weighted by molar-refractivity contribution is 5.89. The van der Waals surface area contributed by atoms with Crippen LogP contribution in [0.5, 0.6) is 0 Å². The smallest absolute Gasteiger partial charge is 0.338 e. The van der Waals surface area contributed by atoms with Crippen molar-refractivity contribution >= 4 is 11.7 Å². The summed E-state index contributed by atoms with van der Waals surface area (Å²) in [6.07, 6.45) is 1.24. The molecular weight excluding hydrogens is 224 g/mol. The van der Waals surface area contributed by atoms with Gasteiger partial charge in [0.2, 0.25) is 0 Å². The van der Waals surface area contributed by atoms with Crippen molar-refractivity contribution in [3.63, 3.8) is 0 Å². The number of nitrogens with two attached hydrogens (primary N) is 1. The first-order valence-electron chi connectivity index (χ1n) is 5.27. The van der Waals surface area contributed by atoms with E-state index in [-0.39, 0.29) is 17.8 Å². The lowest BCUT2D eigenvalue weighted by atomic mass is 9.90. The number of benzene rings is 1. The Morgan fingerprint density at radius 2 is 1.94 bits per heavy atom. The summed E-state index contributed by atoms with van der Waals surface area (Å²) in [6, 6.07) is 5.45. The van der Waals surface area contributed by atoms with Crippen molar-refractivity contribution in [2.75, 3.05) is 0 Å². The van der Waals surface area contributed by atoms with Crippen molar-refractivity contribution in [1.82, 2.24) is 0 Å². The van der Waals surface area contributed by atoms with Gasteiger partial charge in [-0.05, 0) is 25.0 Å². The van der Waals surface area contributed by atoms with Crippen LogP contribution >= 0.6 is 0 Å². The number of ether oxygens (including phenoxy) is 1. The van der Waals surface area contributed by atoms with Crippen LogP contribution in [0, 0.1) is 10.1 Å². The van der Waals surface area contributed by atoms with E-state index >= 15 is 0 Å². The summed E-state index contributed by atoms with van der Waals surface area (Å²) in [7, 11) is 0. The average molecular weight is 236 g/mol. The van der Waals surface area contributed by atoms with Crippen molar-refractivity contribution in [3.8, 4) is 0 Å². The van der Waals surface area contributed by atoms with Gasteiger partial charge in [0.1, 0.15) is 6.10 Å². The molecule has 0 atom stereocenters. The van der Waals surface area contributed by atoms with Gasteiger partial charge in [-0.25, -0.2) is 4.79 Å². The minimum atomic E-state index is -0.514. The SMILES string of the molecule is N[C@H]1C[C@H](OC(=O)c2ccc([N+](=O)[O-])cc2)C1. The minimum absolute atomic E-state index is 0.0489. The van der Waals surface area contributed by atoms with E-state index in [1.54, 1.807) is 0 Å². The molecular formula is C11H12N2O4. The Bertz CT molecular complexity index is 437. The van der Waals surface area contributed by atoms with Crippen LogP contribution in [0.25, 0.3) is 0 Å². The van der Waals surface area contributed by atoms with E-state index in [0.717, 1.165) is 0 Å². The maximum Gasteiger partial charge on any atom is 0.338 e. The first-order valence-corrected chi connectivity index (χ1v) is 5.27. The first kappa shape index (κ1) is 11.5. The molecule has 1 saturated carbocycles. The third kappa shape index (κ3) is 2.59. The number of nitrogens with zero attached hydrogens (tertiary/aromatic N) is 1. The highest BCUT2D eigenvalue weighted by atomic mass is 16.6. The van der Waals surface area contributed by atoms with Crippen molar-refractivity contribution < 1.29 is 14.5 Å². The molecule has 2 rings (SSSR count). The molecule has 0 aliphatic heterocycles. The van der Waals surface area contributed by atoms with E-state index in [1.165, 1.54) is 24.3 Å². The number of nitro benzene ring substituents is 1. The molecule has 2 N–H and O–H groups in total. The number of carbonyl (C=O) groups excluding carboxylic acids is 1. The van der Waals surface area contributed by atoms with Gasteiger partial charge in [0, 0.05) is 18.2 Å². The molecule has 1 fully saturated rings. The fourth-order valence-electron chi connectivity index (χ4n) is 1.64. The van der Waals surface area contributed by atoms with Gasteiger partial charge in [0.25, 0.3) is 5.69 Å². The largest absolute Gasteiger partial charge is 0.459 e. The zero-order valence-corrected chi connectivity index (χ0v) is 9.04. The monoisotopic (exact) mass is 236 g/mol. The van der Waals surface area contributed by atoms with Crippen LogP contribution < -0.4 is 5.73 Å². The summed E-state index contributed by atoms with van der Waals surface area (Å²) >= 11 is 0. The number of hydrogen-bond donors (Lipinski definition) is 1. The predicted molar refractivity (Wildman–Crippen MR) is 59.5 cm³/mol. The van der Waals surface area contributed by atoms with Gasteiger partial charge < -0.3 is 10.5 Å². The van der Waals surface area contributed by atoms with E-state index in [0.29, 0.717) is 18.4 Å². The standard InChI is InChI=1S/C11H12N2O4/c12-8-5-10(6-8)17-11(14)7-1-3-9(4-2-7)13(15)16/h1-4,8,10H,5-6,12H2/t8-,10-. The van der Waals surface area contributed by atoms with Crippen molar-refractivity contribution in [3.05, 3.63) is 39.9 Å². The molecule has 0 unspecified atom stereocenters. The third-order valence-electron chi connectivity index (χ3n) is 2.72. The Labute approximate surface area is 97.5 Å². The lowest BCUT2D eigenvalue weighted by Crippen LogP contribution is -2.42. The van der Waals surface area contributed by atoms with Gasteiger partial charge in [0.05, 0.1) is 10.5 Å². The molecule has 0 radical (unpaired) electrons. The fourth-order valence-corrected chi connectivity index (χ4v) is 1.64. The molecule has 6 heteroatoms. The second-order valence-corrected chi connectivity index (χ2v) is 4.06. The summed E-state index contributed by atoms with van der Waals surface area (Å²) in [5, 5.41) is 10.4. The zero-order chi connectivity index (χ0) is 12.4. The van der Waals surface area contributed by atoms with Crippen molar-refractivity contribution in [1.29, 1.82) is 0 Å². The highest BCUT2D eigenvalue weighted by Gasteiger charge is 2.29. The molecule has 1 aromatic carbocycles. The minimum Gasteiger partial charge on any atom is -0.459 e. The predicted octanol–water partition coefficient (Wildman–Crippen LogP) is 1.24. The number of non-ortho nitro benzene ring substituents is 1. The normalized spacial score (nSPS) is 22.6. The Morgan fingerprint density at radius 1 is 1.35 bits per heavy atom. The molecule has 0 saturated heterocycles. The van der Waals surface area contributed by atoms with E-state index in [9.17, 15) is 14.9 Å². The summed E-state index contributed by atoms with van der Waals surface area (Å²) in [6.45, 7) is 0. The Hall–Kier alpha value is -1.95. The lowest BCUT2D eigenvalue weighted by Gasteiger charge is -2.31. The van der Waals surface area contributed by atoms with Gasteiger partial charge in [-0.15, -0.1) is 0 Å². The molecule has 0 bridgehead atoms. The summed E-state index contributed by atoms with van der Waals surface area (Å²) in [5.74, 6) is -0.461. The highest BCUT2D eigenvalue weighted by Crippen LogP contribution is 2.23. The molecule has 90 valence electrons. The van der Waals surface area contributed by atoms with E-state index in [2.05, 4.69) is 0 Å². The number of carbonyl (C=O) groups is 1. The van der Waals surface area contributed by atoms with E-state index in [1.807, 2.05) is 0 Å². The van der Waals surface area contributed by atoms with E-state index < -0.39 is 10.9 Å². The van der Waals surface area contributed by atoms with Crippen LogP contribution in [0.4, 0.5) is 5.69 Å². The summed E-state index contributed by atoms with van der Waals surface area (Å²) < 4.78 is 5.15. The van der Waals surface area contributed by atoms with Gasteiger partial charge in [0.15, 0.2) is 0 Å². The lowest BCUT2D eigenvalue weighted by molar-refractivity contribution is -0.384. The fraction of sp³-hybridized carbons (Fsp3) is 0.364. The molecule has 1 aliphatic rings. The summed E-state index contributed by atoms with van der Waals surface area (Å²) in [4.78, 5) is 21.5. The molecule has 1 aromatic rings. The molecule has 0 amide bonds. The van der Waals surface area contributed by atoms with Crippen LogP contribution in [0.1, 0.15) is 23.2 Å². The molecule has 0 heterocycles. The molecule has 6 nitrogen and oxygen atoms in total. The molecule has 0 aromatic heterocycles. The second kappa shape index (κ2) is 4.50. The third-order valence-corrected chi connectivity index (χ3v) is 2.72. The van der Waals surface area contributed by atoms with E-state index in [4.69, 9.17) is 10.5 Å². The van der Waals surface area contributed by atoms with Crippen LogP contribution in [-0.4, -0.2) is 23.0 Å². The van der Waals surface area contributed by atoms with Crippen LogP contribution in [0.15, 0.2) is 24.3 Å². The molecule has 0 spiro atoms. The van der Waals surface area contributed by atoms with Gasteiger partial charge in [-0.3, -0.25) is 10.1 Å². The quantitative estimate of drug-likeness (QED) is 0.484.